The lowest BCUT2D eigenvalue weighted by Crippen LogP contribution is -2.25. The van der Waals surface area contributed by atoms with E-state index in [9.17, 15) is 17.6 Å². The third kappa shape index (κ3) is 7.69. The molecule has 6 nitrogen and oxygen atoms in total. The SMILES string of the molecule is CC(C)Oc1cccc(CC(=O)NCc2cccc(S(=O)(=O)NCc3cccc(F)c3)c2)c1. The first-order valence-electron chi connectivity index (χ1n) is 10.6. The molecule has 0 heterocycles. The molecule has 8 heteroatoms. The van der Waals surface area contributed by atoms with Crippen LogP contribution in [-0.2, 0) is 34.3 Å². The summed E-state index contributed by atoms with van der Waals surface area (Å²) in [4.78, 5) is 12.4. The van der Waals surface area contributed by atoms with Gasteiger partial charge in [-0.1, -0.05) is 36.4 Å². The molecule has 3 aromatic rings. The second-order valence-electron chi connectivity index (χ2n) is 7.87. The highest BCUT2D eigenvalue weighted by molar-refractivity contribution is 7.89. The molecule has 33 heavy (non-hydrogen) atoms. The molecule has 0 radical (unpaired) electrons. The van der Waals surface area contributed by atoms with E-state index in [1.54, 1.807) is 18.2 Å². The van der Waals surface area contributed by atoms with E-state index in [1.807, 2.05) is 38.1 Å². The molecule has 1 amide bonds. The molecule has 0 unspecified atom stereocenters. The highest BCUT2D eigenvalue weighted by Gasteiger charge is 2.15. The van der Waals surface area contributed by atoms with E-state index in [4.69, 9.17) is 4.74 Å². The maximum absolute atomic E-state index is 13.3. The van der Waals surface area contributed by atoms with Crippen LogP contribution < -0.4 is 14.8 Å². The highest BCUT2D eigenvalue weighted by Crippen LogP contribution is 2.16. The average molecular weight is 471 g/mol. The minimum atomic E-state index is -3.79. The second kappa shape index (κ2) is 11.1. The molecule has 0 fully saturated rings. The maximum Gasteiger partial charge on any atom is 0.240 e. The van der Waals surface area contributed by atoms with E-state index in [1.165, 1.54) is 30.3 Å². The van der Waals surface area contributed by atoms with E-state index in [2.05, 4.69) is 10.0 Å². The molecule has 2 N–H and O–H groups in total. The van der Waals surface area contributed by atoms with Gasteiger partial charge in [-0.2, -0.15) is 0 Å². The van der Waals surface area contributed by atoms with Crippen LogP contribution in [0.15, 0.2) is 77.7 Å². The van der Waals surface area contributed by atoms with Gasteiger partial charge in [-0.05, 0) is 66.9 Å². The molecule has 0 aliphatic carbocycles. The summed E-state index contributed by atoms with van der Waals surface area (Å²) in [6, 6.07) is 19.4. The Hall–Kier alpha value is -3.23. The standard InChI is InChI=1S/C25H27FN2O4S/c1-18(2)32-23-10-4-6-19(13-23)15-25(29)27-16-21-8-5-11-24(14-21)33(30,31)28-17-20-7-3-9-22(26)12-20/h3-14,18,28H,15-17H2,1-2H3,(H,27,29). The summed E-state index contributed by atoms with van der Waals surface area (Å²) >= 11 is 0. The molecule has 0 saturated heterocycles. The van der Waals surface area contributed by atoms with Crippen molar-refractivity contribution in [2.24, 2.45) is 0 Å². The zero-order valence-corrected chi connectivity index (χ0v) is 19.4. The predicted octanol–water partition coefficient (Wildman–Crippen LogP) is 3.95. The number of carbonyl (C=O) groups is 1. The van der Waals surface area contributed by atoms with Crippen molar-refractivity contribution in [1.82, 2.24) is 10.0 Å². The van der Waals surface area contributed by atoms with Gasteiger partial charge in [0.25, 0.3) is 0 Å². The van der Waals surface area contributed by atoms with Crippen LogP contribution in [0.1, 0.15) is 30.5 Å². The number of nitrogens with one attached hydrogen (secondary N) is 2. The van der Waals surface area contributed by atoms with E-state index >= 15 is 0 Å². The largest absolute Gasteiger partial charge is 0.491 e. The topological polar surface area (TPSA) is 84.5 Å². The van der Waals surface area contributed by atoms with E-state index < -0.39 is 15.8 Å². The summed E-state index contributed by atoms with van der Waals surface area (Å²) in [6.07, 6.45) is 0.226. The Balaban J connectivity index is 1.57. The lowest BCUT2D eigenvalue weighted by atomic mass is 10.1. The van der Waals surface area contributed by atoms with Crippen molar-refractivity contribution in [3.8, 4) is 5.75 Å². The summed E-state index contributed by atoms with van der Waals surface area (Å²) < 4.78 is 46.7. The van der Waals surface area contributed by atoms with E-state index in [-0.39, 0.29) is 36.4 Å². The van der Waals surface area contributed by atoms with Crippen molar-refractivity contribution in [3.05, 3.63) is 95.3 Å². The zero-order valence-electron chi connectivity index (χ0n) is 18.5. The molecule has 0 aromatic heterocycles. The molecule has 0 saturated carbocycles. The molecule has 0 atom stereocenters. The fraction of sp³-hybridized carbons (Fsp3) is 0.240. The van der Waals surface area contributed by atoms with Crippen molar-refractivity contribution < 1.29 is 22.3 Å². The highest BCUT2D eigenvalue weighted by atomic mass is 32.2. The van der Waals surface area contributed by atoms with Crippen LogP contribution in [0.3, 0.4) is 0 Å². The molecule has 174 valence electrons. The van der Waals surface area contributed by atoms with Crippen molar-refractivity contribution in [2.75, 3.05) is 0 Å². The quantitative estimate of drug-likeness (QED) is 0.470. The van der Waals surface area contributed by atoms with E-state index in [0.717, 1.165) is 5.56 Å². The molecular formula is C25H27FN2O4S. The van der Waals surface area contributed by atoms with Gasteiger partial charge in [0.1, 0.15) is 11.6 Å². The number of hydrogen-bond acceptors (Lipinski definition) is 4. The predicted molar refractivity (Wildman–Crippen MR) is 125 cm³/mol. The Morgan fingerprint density at radius 3 is 2.30 bits per heavy atom. The average Bonchev–Trinajstić information content (AvgIpc) is 2.76. The van der Waals surface area contributed by atoms with Gasteiger partial charge in [-0.15, -0.1) is 0 Å². The molecule has 3 aromatic carbocycles. The summed E-state index contributed by atoms with van der Waals surface area (Å²) in [5, 5.41) is 2.81. The van der Waals surface area contributed by atoms with Gasteiger partial charge < -0.3 is 10.1 Å². The Morgan fingerprint density at radius 2 is 1.58 bits per heavy atom. The summed E-state index contributed by atoms with van der Waals surface area (Å²) in [5.41, 5.74) is 1.99. The number of halogens is 1. The molecule has 3 rings (SSSR count). The first-order valence-corrected chi connectivity index (χ1v) is 12.0. The number of rotatable bonds is 10. The number of amides is 1. The Morgan fingerprint density at radius 1 is 0.909 bits per heavy atom. The van der Waals surface area contributed by atoms with Gasteiger partial charge in [0.15, 0.2) is 0 Å². The van der Waals surface area contributed by atoms with Crippen LogP contribution >= 0.6 is 0 Å². The van der Waals surface area contributed by atoms with Gasteiger partial charge in [0.05, 0.1) is 17.4 Å². The van der Waals surface area contributed by atoms with Crippen molar-refractivity contribution in [2.45, 2.75) is 44.4 Å². The Kier molecular flexibility index (Phi) is 8.19. The summed E-state index contributed by atoms with van der Waals surface area (Å²) in [6.45, 7) is 4.03. The van der Waals surface area contributed by atoms with Gasteiger partial charge in [-0.25, -0.2) is 17.5 Å². The smallest absolute Gasteiger partial charge is 0.240 e. The van der Waals surface area contributed by atoms with Gasteiger partial charge in [0, 0.05) is 13.1 Å². The van der Waals surface area contributed by atoms with Crippen molar-refractivity contribution in [1.29, 1.82) is 0 Å². The van der Waals surface area contributed by atoms with Gasteiger partial charge in [-0.3, -0.25) is 4.79 Å². The number of sulfonamides is 1. The number of hydrogen-bond donors (Lipinski definition) is 2. The van der Waals surface area contributed by atoms with Gasteiger partial charge >= 0.3 is 0 Å². The lowest BCUT2D eigenvalue weighted by Gasteiger charge is -2.11. The number of ether oxygens (including phenoxy) is 1. The molecule has 0 aliphatic heterocycles. The minimum absolute atomic E-state index is 0.0271. The van der Waals surface area contributed by atoms with Crippen molar-refractivity contribution in [3.63, 3.8) is 0 Å². The van der Waals surface area contributed by atoms with Crippen LogP contribution in [0.4, 0.5) is 4.39 Å². The Labute approximate surface area is 193 Å². The lowest BCUT2D eigenvalue weighted by molar-refractivity contribution is -0.120. The monoisotopic (exact) mass is 470 g/mol. The summed E-state index contributed by atoms with van der Waals surface area (Å²) in [5.74, 6) is 0.0942. The third-order valence-electron chi connectivity index (χ3n) is 4.69. The number of carbonyl (C=O) groups excluding carboxylic acids is 1. The van der Waals surface area contributed by atoms with Crippen LogP contribution in [0.5, 0.6) is 5.75 Å². The maximum atomic E-state index is 13.3. The van der Waals surface area contributed by atoms with Crippen LogP contribution in [0.2, 0.25) is 0 Å². The van der Waals surface area contributed by atoms with E-state index in [0.29, 0.717) is 16.9 Å². The van der Waals surface area contributed by atoms with Crippen LogP contribution in [0, 0.1) is 5.82 Å². The van der Waals surface area contributed by atoms with Crippen molar-refractivity contribution >= 4 is 15.9 Å². The van der Waals surface area contributed by atoms with Crippen LogP contribution in [-0.4, -0.2) is 20.4 Å². The fourth-order valence-corrected chi connectivity index (χ4v) is 4.27. The molecule has 0 aliphatic rings. The molecular weight excluding hydrogens is 443 g/mol. The zero-order chi connectivity index (χ0) is 23.8. The fourth-order valence-electron chi connectivity index (χ4n) is 3.18. The normalized spacial score (nSPS) is 11.4. The third-order valence-corrected chi connectivity index (χ3v) is 6.09. The second-order valence-corrected chi connectivity index (χ2v) is 9.64. The number of benzene rings is 3. The summed E-state index contributed by atoms with van der Waals surface area (Å²) in [7, 11) is -3.79. The molecule has 0 bridgehead atoms. The Bertz CT molecular complexity index is 1210. The minimum Gasteiger partial charge on any atom is -0.491 e. The van der Waals surface area contributed by atoms with Gasteiger partial charge in [0.2, 0.25) is 15.9 Å². The first-order chi connectivity index (χ1) is 15.7. The molecule has 0 spiro atoms. The first kappa shape index (κ1) is 24.4. The van der Waals surface area contributed by atoms with Crippen LogP contribution in [0.25, 0.3) is 0 Å².